The monoisotopic (exact) mass is 282 g/mol. The molecule has 0 bridgehead atoms. The van der Waals surface area contributed by atoms with Gasteiger partial charge in [0.25, 0.3) is 0 Å². The van der Waals surface area contributed by atoms with E-state index in [2.05, 4.69) is 19.1 Å². The van der Waals surface area contributed by atoms with Crippen molar-refractivity contribution in [2.24, 2.45) is 0 Å². The van der Waals surface area contributed by atoms with E-state index < -0.39 is 11.9 Å². The van der Waals surface area contributed by atoms with Crippen LogP contribution in [0.3, 0.4) is 0 Å². The van der Waals surface area contributed by atoms with Crippen LogP contribution in [0.15, 0.2) is 42.5 Å². The third kappa shape index (κ3) is 3.72. The van der Waals surface area contributed by atoms with Gasteiger partial charge in [0.15, 0.2) is 0 Å². The Morgan fingerprint density at radius 3 is 2.14 bits per heavy atom. The molecule has 0 aliphatic carbocycles. The summed E-state index contributed by atoms with van der Waals surface area (Å²) in [5, 5.41) is 9.55. The molecule has 2 nitrogen and oxygen atoms in total. The number of benzene rings is 2. The summed E-state index contributed by atoms with van der Waals surface area (Å²) < 4.78 is 0. The highest BCUT2D eigenvalue weighted by Crippen LogP contribution is 2.24. The summed E-state index contributed by atoms with van der Waals surface area (Å²) in [4.78, 5) is 11.6. The Morgan fingerprint density at radius 1 is 1.00 bits per heavy atom. The molecule has 2 aromatic carbocycles. The highest BCUT2D eigenvalue weighted by Gasteiger charge is 2.20. The van der Waals surface area contributed by atoms with Crippen molar-refractivity contribution < 1.29 is 9.90 Å². The molecular weight excluding hydrogens is 260 g/mol. The predicted molar refractivity (Wildman–Crippen MR) is 85.8 cm³/mol. The van der Waals surface area contributed by atoms with Gasteiger partial charge in [0.1, 0.15) is 0 Å². The molecule has 0 saturated heterocycles. The summed E-state index contributed by atoms with van der Waals surface area (Å²) in [6.45, 7) is 6.18. The fourth-order valence-corrected chi connectivity index (χ4v) is 2.48. The lowest BCUT2D eigenvalue weighted by Crippen LogP contribution is -2.14. The lowest BCUT2D eigenvalue weighted by atomic mass is 9.90. The van der Waals surface area contributed by atoms with E-state index in [9.17, 15) is 9.90 Å². The summed E-state index contributed by atoms with van der Waals surface area (Å²) in [6.07, 6.45) is 1.53. The number of aliphatic carboxylic acids is 1. The van der Waals surface area contributed by atoms with Gasteiger partial charge in [-0.3, -0.25) is 4.79 Å². The van der Waals surface area contributed by atoms with Crippen LogP contribution in [-0.2, 0) is 17.6 Å². The molecule has 0 amide bonds. The molecule has 0 aliphatic rings. The number of rotatable bonds is 5. The van der Waals surface area contributed by atoms with Gasteiger partial charge in [0.05, 0.1) is 5.92 Å². The van der Waals surface area contributed by atoms with Crippen molar-refractivity contribution in [2.45, 2.75) is 39.5 Å². The maximum absolute atomic E-state index is 11.6. The van der Waals surface area contributed by atoms with Crippen LogP contribution in [0, 0.1) is 13.8 Å². The average molecular weight is 282 g/mol. The maximum Gasteiger partial charge on any atom is 0.311 e. The van der Waals surface area contributed by atoms with E-state index in [1.54, 1.807) is 0 Å². The van der Waals surface area contributed by atoms with Crippen LogP contribution < -0.4 is 0 Å². The second kappa shape index (κ2) is 6.57. The lowest BCUT2D eigenvalue weighted by molar-refractivity contribution is -0.138. The molecule has 2 aromatic rings. The smallest absolute Gasteiger partial charge is 0.311 e. The first kappa shape index (κ1) is 15.3. The first-order valence-electron chi connectivity index (χ1n) is 7.39. The van der Waals surface area contributed by atoms with Gasteiger partial charge in [-0.1, -0.05) is 49.4 Å². The van der Waals surface area contributed by atoms with Gasteiger partial charge in [0, 0.05) is 0 Å². The van der Waals surface area contributed by atoms with E-state index in [1.165, 1.54) is 11.1 Å². The number of carboxylic acid groups (broad SMARTS) is 1. The molecule has 110 valence electrons. The SMILES string of the molecule is CCc1ccc(CC(C(=O)O)c2ccc(C)c(C)c2)cc1. The number of carboxylic acids is 1. The summed E-state index contributed by atoms with van der Waals surface area (Å²) >= 11 is 0. The van der Waals surface area contributed by atoms with Crippen molar-refractivity contribution in [1.82, 2.24) is 0 Å². The zero-order chi connectivity index (χ0) is 15.4. The number of aryl methyl sites for hydroxylation is 3. The zero-order valence-corrected chi connectivity index (χ0v) is 12.9. The molecule has 0 aliphatic heterocycles. The minimum atomic E-state index is -0.766. The van der Waals surface area contributed by atoms with Crippen LogP contribution in [-0.4, -0.2) is 11.1 Å². The molecule has 0 heterocycles. The minimum absolute atomic E-state index is 0.489. The predicted octanol–water partition coefficient (Wildman–Crippen LogP) is 4.28. The largest absolute Gasteiger partial charge is 0.481 e. The van der Waals surface area contributed by atoms with Crippen LogP contribution in [0.4, 0.5) is 0 Å². The number of carbonyl (C=O) groups is 1. The molecule has 1 unspecified atom stereocenters. The van der Waals surface area contributed by atoms with Gasteiger partial charge in [-0.2, -0.15) is 0 Å². The quantitative estimate of drug-likeness (QED) is 0.889. The number of hydrogen-bond donors (Lipinski definition) is 1. The molecule has 2 heteroatoms. The fraction of sp³-hybridized carbons (Fsp3) is 0.316. The van der Waals surface area contributed by atoms with Gasteiger partial charge in [-0.25, -0.2) is 0 Å². The first-order valence-corrected chi connectivity index (χ1v) is 7.39. The zero-order valence-electron chi connectivity index (χ0n) is 12.9. The molecule has 0 fully saturated rings. The molecule has 1 atom stereocenters. The van der Waals surface area contributed by atoms with Crippen LogP contribution >= 0.6 is 0 Å². The molecule has 0 spiro atoms. The molecule has 2 rings (SSSR count). The molecule has 0 aromatic heterocycles. The van der Waals surface area contributed by atoms with Crippen LogP contribution in [0.2, 0.25) is 0 Å². The Bertz CT molecular complexity index is 627. The van der Waals surface area contributed by atoms with Gasteiger partial charge in [-0.05, 0) is 54.5 Å². The highest BCUT2D eigenvalue weighted by atomic mass is 16.4. The van der Waals surface area contributed by atoms with Crippen molar-refractivity contribution in [1.29, 1.82) is 0 Å². The van der Waals surface area contributed by atoms with Crippen molar-refractivity contribution in [3.05, 3.63) is 70.3 Å². The molecule has 0 saturated carbocycles. The van der Waals surface area contributed by atoms with Gasteiger partial charge in [0.2, 0.25) is 0 Å². The Labute approximate surface area is 126 Å². The summed E-state index contributed by atoms with van der Waals surface area (Å²) in [5.41, 5.74) is 5.55. The van der Waals surface area contributed by atoms with E-state index in [-0.39, 0.29) is 0 Å². The maximum atomic E-state index is 11.6. The normalized spacial score (nSPS) is 12.1. The lowest BCUT2D eigenvalue weighted by Gasteiger charge is -2.15. The summed E-state index contributed by atoms with van der Waals surface area (Å²) in [7, 11) is 0. The Morgan fingerprint density at radius 2 is 1.62 bits per heavy atom. The van der Waals surface area contributed by atoms with Crippen LogP contribution in [0.5, 0.6) is 0 Å². The van der Waals surface area contributed by atoms with Crippen LogP contribution in [0.25, 0.3) is 0 Å². The van der Waals surface area contributed by atoms with E-state index in [0.717, 1.165) is 23.1 Å². The second-order valence-electron chi connectivity index (χ2n) is 5.61. The standard InChI is InChI=1S/C19H22O2/c1-4-15-6-8-16(9-7-15)12-18(19(20)21)17-10-5-13(2)14(3)11-17/h5-11,18H,4,12H2,1-3H3,(H,20,21). The highest BCUT2D eigenvalue weighted by molar-refractivity contribution is 5.76. The average Bonchev–Trinajstić information content (AvgIpc) is 2.48. The summed E-state index contributed by atoms with van der Waals surface area (Å²) in [5.74, 6) is -1.26. The first-order chi connectivity index (χ1) is 10.0. The van der Waals surface area contributed by atoms with Gasteiger partial charge >= 0.3 is 5.97 Å². The number of hydrogen-bond acceptors (Lipinski definition) is 1. The van der Waals surface area contributed by atoms with Crippen molar-refractivity contribution in [3.8, 4) is 0 Å². The second-order valence-corrected chi connectivity index (χ2v) is 5.61. The van der Waals surface area contributed by atoms with E-state index in [4.69, 9.17) is 0 Å². The molecular formula is C19H22O2. The molecule has 1 N–H and O–H groups in total. The van der Waals surface area contributed by atoms with Gasteiger partial charge < -0.3 is 5.11 Å². The fourth-order valence-electron chi connectivity index (χ4n) is 2.48. The van der Waals surface area contributed by atoms with E-state index >= 15 is 0 Å². The topological polar surface area (TPSA) is 37.3 Å². The van der Waals surface area contributed by atoms with Crippen molar-refractivity contribution in [2.75, 3.05) is 0 Å². The molecule has 21 heavy (non-hydrogen) atoms. The third-order valence-electron chi connectivity index (χ3n) is 4.10. The van der Waals surface area contributed by atoms with Crippen LogP contribution in [0.1, 0.15) is 40.7 Å². The van der Waals surface area contributed by atoms with Crippen molar-refractivity contribution >= 4 is 5.97 Å². The Kier molecular flexibility index (Phi) is 4.79. The molecule has 0 radical (unpaired) electrons. The summed E-state index contributed by atoms with van der Waals surface area (Å²) in [6, 6.07) is 14.2. The van der Waals surface area contributed by atoms with Crippen molar-refractivity contribution in [3.63, 3.8) is 0 Å². The Hall–Kier alpha value is -2.09. The third-order valence-corrected chi connectivity index (χ3v) is 4.10. The Balaban J connectivity index is 2.26. The van der Waals surface area contributed by atoms with E-state index in [0.29, 0.717) is 6.42 Å². The van der Waals surface area contributed by atoms with E-state index in [1.807, 2.05) is 44.2 Å². The van der Waals surface area contributed by atoms with Gasteiger partial charge in [-0.15, -0.1) is 0 Å². The minimum Gasteiger partial charge on any atom is -0.481 e.